The second-order valence-electron chi connectivity index (χ2n) is 5.24. The van der Waals surface area contributed by atoms with Crippen molar-refractivity contribution in [2.24, 2.45) is 0 Å². The van der Waals surface area contributed by atoms with E-state index in [-0.39, 0.29) is 18.0 Å². The van der Waals surface area contributed by atoms with Gasteiger partial charge in [-0.15, -0.1) is 0 Å². The van der Waals surface area contributed by atoms with Gasteiger partial charge >= 0.3 is 6.03 Å². The number of nitrogens with zero attached hydrogens (tertiary/aromatic N) is 3. The first-order valence-corrected chi connectivity index (χ1v) is 7.45. The van der Waals surface area contributed by atoms with Crippen molar-refractivity contribution in [2.75, 3.05) is 31.5 Å². The van der Waals surface area contributed by atoms with Crippen LogP contribution >= 0.6 is 0 Å². The predicted molar refractivity (Wildman–Crippen MR) is 82.3 cm³/mol. The molecule has 0 radical (unpaired) electrons. The van der Waals surface area contributed by atoms with E-state index in [1.165, 1.54) is 6.92 Å². The zero-order valence-electron chi connectivity index (χ0n) is 12.7. The molecule has 0 bridgehead atoms. The standard InChI is InChI=1S/C14H22N6O2/c1-11(21)19-12-3-2-8-20(10-12)14(22)18-7-6-17-13-9-15-4-5-16-13/h4-5,9,12H,2-3,6-8,10H2,1H3,(H,16,17)(H,18,22)(H,19,21)/t12-/m0/s1. The van der Waals surface area contributed by atoms with Gasteiger partial charge in [-0.2, -0.15) is 0 Å². The number of likely N-dealkylation sites (tertiary alicyclic amines) is 1. The Kier molecular flexibility index (Phi) is 5.93. The van der Waals surface area contributed by atoms with Crippen molar-refractivity contribution in [3.63, 3.8) is 0 Å². The van der Waals surface area contributed by atoms with Crippen LogP contribution in [0.4, 0.5) is 10.6 Å². The molecule has 3 amide bonds. The van der Waals surface area contributed by atoms with Crippen molar-refractivity contribution < 1.29 is 9.59 Å². The molecule has 1 aliphatic heterocycles. The Hall–Kier alpha value is -2.38. The number of carbonyl (C=O) groups excluding carboxylic acids is 2. The Morgan fingerprint density at radius 3 is 2.95 bits per heavy atom. The molecular formula is C14H22N6O2. The van der Waals surface area contributed by atoms with Gasteiger partial charge in [0.2, 0.25) is 5.91 Å². The van der Waals surface area contributed by atoms with Crippen molar-refractivity contribution in [1.29, 1.82) is 0 Å². The highest BCUT2D eigenvalue weighted by atomic mass is 16.2. The summed E-state index contributed by atoms with van der Waals surface area (Å²) in [4.78, 5) is 32.9. The average molecular weight is 306 g/mol. The van der Waals surface area contributed by atoms with Crippen LogP contribution in [-0.2, 0) is 4.79 Å². The fraction of sp³-hybridized carbons (Fsp3) is 0.571. The van der Waals surface area contributed by atoms with E-state index >= 15 is 0 Å². The van der Waals surface area contributed by atoms with Crippen LogP contribution in [0.25, 0.3) is 0 Å². The molecule has 8 heteroatoms. The summed E-state index contributed by atoms with van der Waals surface area (Å²) in [5.41, 5.74) is 0. The molecule has 1 atom stereocenters. The first-order chi connectivity index (χ1) is 10.6. The lowest BCUT2D eigenvalue weighted by Crippen LogP contribution is -2.52. The molecule has 8 nitrogen and oxygen atoms in total. The summed E-state index contributed by atoms with van der Waals surface area (Å²) in [7, 11) is 0. The molecule has 22 heavy (non-hydrogen) atoms. The Morgan fingerprint density at radius 2 is 2.23 bits per heavy atom. The third-order valence-corrected chi connectivity index (χ3v) is 3.39. The third kappa shape index (κ3) is 5.19. The van der Waals surface area contributed by atoms with Gasteiger partial charge in [-0.05, 0) is 12.8 Å². The molecule has 1 saturated heterocycles. The lowest BCUT2D eigenvalue weighted by atomic mass is 10.1. The molecule has 120 valence electrons. The van der Waals surface area contributed by atoms with Crippen LogP contribution in [0.2, 0.25) is 0 Å². The summed E-state index contributed by atoms with van der Waals surface area (Å²) in [6.07, 6.45) is 6.66. The molecule has 1 aromatic rings. The summed E-state index contributed by atoms with van der Waals surface area (Å²) in [6, 6.07) is -0.0503. The van der Waals surface area contributed by atoms with Crippen LogP contribution in [-0.4, -0.2) is 59.0 Å². The smallest absolute Gasteiger partial charge is 0.317 e. The fourth-order valence-corrected chi connectivity index (χ4v) is 2.43. The van der Waals surface area contributed by atoms with Gasteiger partial charge < -0.3 is 20.9 Å². The molecule has 0 unspecified atom stereocenters. The van der Waals surface area contributed by atoms with E-state index in [9.17, 15) is 9.59 Å². The summed E-state index contributed by atoms with van der Waals surface area (Å²) >= 11 is 0. The fourth-order valence-electron chi connectivity index (χ4n) is 2.43. The highest BCUT2D eigenvalue weighted by Gasteiger charge is 2.23. The number of nitrogens with one attached hydrogen (secondary N) is 3. The second kappa shape index (κ2) is 8.16. The van der Waals surface area contributed by atoms with E-state index in [0.29, 0.717) is 25.5 Å². The van der Waals surface area contributed by atoms with E-state index < -0.39 is 0 Å². The maximum absolute atomic E-state index is 12.1. The molecule has 0 aromatic carbocycles. The van der Waals surface area contributed by atoms with Crippen LogP contribution in [0.5, 0.6) is 0 Å². The van der Waals surface area contributed by atoms with Crippen LogP contribution in [0, 0.1) is 0 Å². The molecule has 1 aliphatic rings. The molecule has 0 saturated carbocycles. The summed E-state index contributed by atoms with van der Waals surface area (Å²) in [5.74, 6) is 0.626. The number of aromatic nitrogens is 2. The number of hydrogen-bond donors (Lipinski definition) is 3. The number of hydrogen-bond acceptors (Lipinski definition) is 5. The largest absolute Gasteiger partial charge is 0.367 e. The Bertz CT molecular complexity index is 495. The second-order valence-corrected chi connectivity index (χ2v) is 5.24. The highest BCUT2D eigenvalue weighted by Crippen LogP contribution is 2.10. The number of amides is 3. The molecule has 2 heterocycles. The monoisotopic (exact) mass is 306 g/mol. The van der Waals surface area contributed by atoms with E-state index in [4.69, 9.17) is 0 Å². The van der Waals surface area contributed by atoms with E-state index in [1.54, 1.807) is 23.5 Å². The van der Waals surface area contributed by atoms with Crippen LogP contribution in [0.15, 0.2) is 18.6 Å². The summed E-state index contributed by atoms with van der Waals surface area (Å²) in [5, 5.41) is 8.80. The average Bonchev–Trinajstić information content (AvgIpc) is 2.52. The minimum Gasteiger partial charge on any atom is -0.367 e. The maximum atomic E-state index is 12.1. The van der Waals surface area contributed by atoms with Crippen LogP contribution in [0.1, 0.15) is 19.8 Å². The zero-order valence-corrected chi connectivity index (χ0v) is 12.7. The Morgan fingerprint density at radius 1 is 1.36 bits per heavy atom. The van der Waals surface area contributed by atoms with Gasteiger partial charge in [0, 0.05) is 51.5 Å². The molecule has 1 aromatic heterocycles. The summed E-state index contributed by atoms with van der Waals surface area (Å²) in [6.45, 7) is 3.85. The molecule has 2 rings (SSSR count). The van der Waals surface area contributed by atoms with Crippen LogP contribution < -0.4 is 16.0 Å². The predicted octanol–water partition coefficient (Wildman–Crippen LogP) is 0.199. The van der Waals surface area contributed by atoms with Gasteiger partial charge in [0.15, 0.2) is 0 Å². The van der Waals surface area contributed by atoms with Gasteiger partial charge in [0.25, 0.3) is 0 Å². The lowest BCUT2D eigenvalue weighted by Gasteiger charge is -2.33. The first kappa shape index (κ1) is 16.0. The van der Waals surface area contributed by atoms with Crippen molar-refractivity contribution in [1.82, 2.24) is 25.5 Å². The normalized spacial score (nSPS) is 17.7. The van der Waals surface area contributed by atoms with Gasteiger partial charge in [0.05, 0.1) is 6.20 Å². The Balaban J connectivity index is 1.67. The molecule has 0 spiro atoms. The first-order valence-electron chi connectivity index (χ1n) is 7.45. The minimum atomic E-state index is -0.101. The minimum absolute atomic E-state index is 0.0507. The van der Waals surface area contributed by atoms with Crippen molar-refractivity contribution in [3.05, 3.63) is 18.6 Å². The number of piperidine rings is 1. The SMILES string of the molecule is CC(=O)N[C@H]1CCCN(C(=O)NCCNc2cnccn2)C1. The number of rotatable bonds is 5. The topological polar surface area (TPSA) is 99.2 Å². The van der Waals surface area contributed by atoms with Gasteiger partial charge in [0.1, 0.15) is 5.82 Å². The molecule has 3 N–H and O–H groups in total. The molecule has 1 fully saturated rings. The van der Waals surface area contributed by atoms with Gasteiger partial charge in [-0.1, -0.05) is 0 Å². The maximum Gasteiger partial charge on any atom is 0.317 e. The van der Waals surface area contributed by atoms with E-state index in [2.05, 4.69) is 25.9 Å². The lowest BCUT2D eigenvalue weighted by molar-refractivity contribution is -0.119. The van der Waals surface area contributed by atoms with Crippen molar-refractivity contribution in [3.8, 4) is 0 Å². The number of urea groups is 1. The van der Waals surface area contributed by atoms with Crippen molar-refractivity contribution in [2.45, 2.75) is 25.8 Å². The molecule has 0 aliphatic carbocycles. The van der Waals surface area contributed by atoms with Crippen molar-refractivity contribution >= 4 is 17.8 Å². The van der Waals surface area contributed by atoms with Gasteiger partial charge in [-0.3, -0.25) is 9.78 Å². The zero-order chi connectivity index (χ0) is 15.8. The highest BCUT2D eigenvalue weighted by molar-refractivity contribution is 5.75. The van der Waals surface area contributed by atoms with E-state index in [1.807, 2.05) is 0 Å². The third-order valence-electron chi connectivity index (χ3n) is 3.39. The number of anilines is 1. The molecular weight excluding hydrogens is 284 g/mol. The van der Waals surface area contributed by atoms with Gasteiger partial charge in [-0.25, -0.2) is 9.78 Å². The Labute approximate surface area is 129 Å². The quantitative estimate of drug-likeness (QED) is 0.675. The number of carbonyl (C=O) groups is 2. The van der Waals surface area contributed by atoms with E-state index in [0.717, 1.165) is 19.4 Å². The van der Waals surface area contributed by atoms with Crippen LogP contribution in [0.3, 0.4) is 0 Å². The summed E-state index contributed by atoms with van der Waals surface area (Å²) < 4.78 is 0.